The van der Waals surface area contributed by atoms with Gasteiger partial charge in [0, 0.05) is 6.07 Å². The third-order valence-electron chi connectivity index (χ3n) is 1.79. The molecular formula is C10H10NO5. The van der Waals surface area contributed by atoms with Gasteiger partial charge in [-0.2, -0.15) is 0 Å². The van der Waals surface area contributed by atoms with Gasteiger partial charge in [-0.15, -0.1) is 0 Å². The van der Waals surface area contributed by atoms with Crippen molar-refractivity contribution in [3.8, 4) is 5.75 Å². The molecule has 0 N–H and O–H groups in total. The standard InChI is InChI=1S/C10H10NO5/c1-7-3-4-9(8(5-7)11(13)14)16-6-10(12)15-2/h3-5H,1,6H2,2H3. The number of rotatable bonds is 4. The number of hydrogen-bond acceptors (Lipinski definition) is 5. The van der Waals surface area contributed by atoms with E-state index in [9.17, 15) is 14.9 Å². The minimum Gasteiger partial charge on any atom is -0.475 e. The van der Waals surface area contributed by atoms with Crippen LogP contribution >= 0.6 is 0 Å². The van der Waals surface area contributed by atoms with E-state index in [1.165, 1.54) is 19.2 Å². The van der Waals surface area contributed by atoms with Crippen LogP contribution in [-0.2, 0) is 9.53 Å². The Labute approximate surface area is 91.9 Å². The summed E-state index contributed by atoms with van der Waals surface area (Å²) < 4.78 is 9.31. The second-order valence-electron chi connectivity index (χ2n) is 2.92. The minimum atomic E-state index is -0.604. The molecule has 0 heterocycles. The summed E-state index contributed by atoms with van der Waals surface area (Å²) in [6.07, 6.45) is 0. The van der Waals surface area contributed by atoms with E-state index >= 15 is 0 Å². The van der Waals surface area contributed by atoms with Crippen molar-refractivity contribution in [2.75, 3.05) is 13.7 Å². The molecule has 0 aliphatic carbocycles. The van der Waals surface area contributed by atoms with Crippen LogP contribution in [0.2, 0.25) is 0 Å². The Kier molecular flexibility index (Phi) is 3.82. The zero-order chi connectivity index (χ0) is 12.1. The highest BCUT2D eigenvalue weighted by Gasteiger charge is 2.16. The lowest BCUT2D eigenvalue weighted by atomic mass is 10.2. The Morgan fingerprint density at radius 3 is 2.81 bits per heavy atom. The van der Waals surface area contributed by atoms with E-state index in [2.05, 4.69) is 11.7 Å². The van der Waals surface area contributed by atoms with Crippen molar-refractivity contribution < 1.29 is 19.2 Å². The van der Waals surface area contributed by atoms with E-state index in [1.807, 2.05) is 0 Å². The van der Waals surface area contributed by atoms with Crippen molar-refractivity contribution in [2.45, 2.75) is 0 Å². The average Bonchev–Trinajstić information content (AvgIpc) is 2.26. The molecule has 6 heteroatoms. The number of nitro benzene ring substituents is 1. The highest BCUT2D eigenvalue weighted by Crippen LogP contribution is 2.27. The number of nitro groups is 1. The fraction of sp³-hybridized carbons (Fsp3) is 0.200. The minimum absolute atomic E-state index is 0.0165. The van der Waals surface area contributed by atoms with Crippen molar-refractivity contribution in [1.82, 2.24) is 0 Å². The molecule has 0 atom stereocenters. The number of hydrogen-bond donors (Lipinski definition) is 0. The summed E-state index contributed by atoms with van der Waals surface area (Å²) in [4.78, 5) is 20.9. The largest absolute Gasteiger partial charge is 0.475 e. The number of ether oxygens (including phenoxy) is 2. The smallest absolute Gasteiger partial charge is 0.343 e. The Morgan fingerprint density at radius 2 is 2.25 bits per heavy atom. The maximum Gasteiger partial charge on any atom is 0.343 e. The number of carbonyl (C=O) groups excluding carboxylic acids is 1. The highest BCUT2D eigenvalue weighted by molar-refractivity contribution is 5.71. The van der Waals surface area contributed by atoms with Crippen LogP contribution in [0, 0.1) is 17.0 Å². The zero-order valence-corrected chi connectivity index (χ0v) is 8.63. The normalized spacial score (nSPS) is 9.62. The van der Waals surface area contributed by atoms with E-state index in [1.54, 1.807) is 6.07 Å². The molecule has 0 aromatic heterocycles. The molecule has 1 aromatic carbocycles. The summed E-state index contributed by atoms with van der Waals surface area (Å²) in [7, 11) is 1.21. The Balaban J connectivity index is 2.87. The van der Waals surface area contributed by atoms with E-state index in [-0.39, 0.29) is 18.0 Å². The van der Waals surface area contributed by atoms with Gasteiger partial charge in [0.25, 0.3) is 0 Å². The van der Waals surface area contributed by atoms with Gasteiger partial charge in [0.15, 0.2) is 12.4 Å². The van der Waals surface area contributed by atoms with Crippen molar-refractivity contribution in [2.24, 2.45) is 0 Å². The van der Waals surface area contributed by atoms with Gasteiger partial charge in [0.1, 0.15) is 0 Å². The van der Waals surface area contributed by atoms with E-state index < -0.39 is 10.9 Å². The fourth-order valence-corrected chi connectivity index (χ4v) is 1.02. The highest BCUT2D eigenvalue weighted by atomic mass is 16.6. The molecule has 0 saturated heterocycles. The van der Waals surface area contributed by atoms with Crippen LogP contribution in [0.5, 0.6) is 5.75 Å². The summed E-state index contributed by atoms with van der Waals surface area (Å²) in [6, 6.07) is 4.22. The van der Waals surface area contributed by atoms with Gasteiger partial charge in [0.2, 0.25) is 0 Å². The predicted octanol–water partition coefficient (Wildman–Crippen LogP) is 1.33. The summed E-state index contributed by atoms with van der Waals surface area (Å²) >= 11 is 0. The third-order valence-corrected chi connectivity index (χ3v) is 1.79. The first-order valence-corrected chi connectivity index (χ1v) is 4.34. The van der Waals surface area contributed by atoms with Crippen LogP contribution in [0.3, 0.4) is 0 Å². The van der Waals surface area contributed by atoms with Crippen LogP contribution in [0.1, 0.15) is 5.56 Å². The maximum atomic E-state index is 10.8. The fourth-order valence-electron chi connectivity index (χ4n) is 1.02. The molecule has 1 aromatic rings. The molecule has 0 unspecified atom stereocenters. The first-order chi connectivity index (χ1) is 7.54. The SMILES string of the molecule is [CH2]c1ccc(OCC(=O)OC)c([N+](=O)[O-])c1. The van der Waals surface area contributed by atoms with Crippen LogP contribution in [0.4, 0.5) is 5.69 Å². The molecule has 0 aliphatic heterocycles. The van der Waals surface area contributed by atoms with Crippen molar-refractivity contribution >= 4 is 11.7 Å². The van der Waals surface area contributed by atoms with Crippen molar-refractivity contribution in [1.29, 1.82) is 0 Å². The third kappa shape index (κ3) is 2.94. The first-order valence-electron chi connectivity index (χ1n) is 4.34. The molecule has 0 amide bonds. The molecule has 85 valence electrons. The van der Waals surface area contributed by atoms with Gasteiger partial charge >= 0.3 is 11.7 Å². The van der Waals surface area contributed by atoms with Gasteiger partial charge in [-0.05, 0) is 18.6 Å². The van der Waals surface area contributed by atoms with E-state index in [0.29, 0.717) is 5.56 Å². The number of nitrogens with zero attached hydrogens (tertiary/aromatic N) is 1. The van der Waals surface area contributed by atoms with E-state index in [4.69, 9.17) is 4.74 Å². The zero-order valence-electron chi connectivity index (χ0n) is 8.63. The lowest BCUT2D eigenvalue weighted by Gasteiger charge is -2.05. The van der Waals surface area contributed by atoms with Crippen LogP contribution in [-0.4, -0.2) is 24.6 Å². The molecule has 0 spiro atoms. The molecule has 0 aliphatic rings. The van der Waals surface area contributed by atoms with Crippen LogP contribution < -0.4 is 4.74 Å². The predicted molar refractivity (Wildman–Crippen MR) is 55.1 cm³/mol. The molecule has 1 rings (SSSR count). The molecule has 0 bridgehead atoms. The number of methoxy groups -OCH3 is 1. The quantitative estimate of drug-likeness (QED) is 0.438. The summed E-state index contributed by atoms with van der Waals surface area (Å²) in [5.41, 5.74) is 0.272. The first kappa shape index (κ1) is 12.0. The second-order valence-corrected chi connectivity index (χ2v) is 2.92. The van der Waals surface area contributed by atoms with E-state index in [0.717, 1.165) is 0 Å². The van der Waals surface area contributed by atoms with Crippen LogP contribution in [0.15, 0.2) is 18.2 Å². The molecule has 0 saturated carbocycles. The van der Waals surface area contributed by atoms with Gasteiger partial charge in [-0.25, -0.2) is 4.79 Å². The molecule has 16 heavy (non-hydrogen) atoms. The van der Waals surface area contributed by atoms with Crippen molar-refractivity contribution in [3.05, 3.63) is 40.8 Å². The molecule has 1 radical (unpaired) electrons. The van der Waals surface area contributed by atoms with Crippen molar-refractivity contribution in [3.63, 3.8) is 0 Å². The lowest BCUT2D eigenvalue weighted by molar-refractivity contribution is -0.385. The number of esters is 1. The van der Waals surface area contributed by atoms with Gasteiger partial charge in [0.05, 0.1) is 12.0 Å². The number of carbonyl (C=O) groups is 1. The molecule has 0 fully saturated rings. The van der Waals surface area contributed by atoms with Crippen LogP contribution in [0.25, 0.3) is 0 Å². The maximum absolute atomic E-state index is 10.8. The molecular weight excluding hydrogens is 214 g/mol. The summed E-state index contributed by atoms with van der Waals surface area (Å²) in [5.74, 6) is -0.587. The lowest BCUT2D eigenvalue weighted by Crippen LogP contribution is -2.13. The Hall–Kier alpha value is -2.11. The topological polar surface area (TPSA) is 78.7 Å². The van der Waals surface area contributed by atoms with Gasteiger partial charge in [-0.1, -0.05) is 6.07 Å². The summed E-state index contributed by atoms with van der Waals surface area (Å²) in [5, 5.41) is 10.7. The number of benzene rings is 1. The molecule has 6 nitrogen and oxygen atoms in total. The second kappa shape index (κ2) is 5.11. The Morgan fingerprint density at radius 1 is 1.56 bits per heavy atom. The van der Waals surface area contributed by atoms with Gasteiger partial charge in [-0.3, -0.25) is 10.1 Å². The van der Waals surface area contributed by atoms with Gasteiger partial charge < -0.3 is 9.47 Å². The average molecular weight is 224 g/mol. The summed E-state index contributed by atoms with van der Waals surface area (Å²) in [6.45, 7) is 3.20. The monoisotopic (exact) mass is 224 g/mol. The Bertz CT molecular complexity index is 416.